The third-order valence-electron chi connectivity index (χ3n) is 2.35. The van der Waals surface area contributed by atoms with Gasteiger partial charge >= 0.3 is 0 Å². The summed E-state index contributed by atoms with van der Waals surface area (Å²) in [6, 6.07) is 6.27. The molecular formula is C12H12ClFN2O3S. The summed E-state index contributed by atoms with van der Waals surface area (Å²) in [5, 5.41) is 0. The standard InChI is InChI=1S/C12H11FN2O3S.ClH/c1-18-11-3-2-9(13)8-12(11)19(16,17)15-10-4-6-14-7-5-10;/h2-8H,1H3,(H,14,15);1H. The molecule has 0 fully saturated rings. The highest BCUT2D eigenvalue weighted by Crippen LogP contribution is 2.26. The van der Waals surface area contributed by atoms with Crippen LogP contribution < -0.4 is 9.46 Å². The highest BCUT2D eigenvalue weighted by molar-refractivity contribution is 7.92. The predicted octanol–water partition coefficient (Wildman–Crippen LogP) is 2.45. The van der Waals surface area contributed by atoms with Crippen molar-refractivity contribution in [3.63, 3.8) is 0 Å². The third kappa shape index (κ3) is 3.58. The van der Waals surface area contributed by atoms with E-state index in [1.807, 2.05) is 0 Å². The van der Waals surface area contributed by atoms with E-state index in [0.29, 0.717) is 5.69 Å². The Bertz CT molecular complexity index is 680. The number of sulfonamides is 1. The van der Waals surface area contributed by atoms with E-state index in [1.165, 1.54) is 37.7 Å². The van der Waals surface area contributed by atoms with Crippen LogP contribution in [0.25, 0.3) is 0 Å². The number of pyridine rings is 1. The maximum Gasteiger partial charge on any atom is 0.265 e. The molecular weight excluding hydrogens is 307 g/mol. The van der Waals surface area contributed by atoms with Crippen molar-refractivity contribution >= 4 is 28.1 Å². The van der Waals surface area contributed by atoms with Gasteiger partial charge in [0.15, 0.2) is 0 Å². The van der Waals surface area contributed by atoms with Gasteiger partial charge in [-0.1, -0.05) is 0 Å². The van der Waals surface area contributed by atoms with Crippen LogP contribution in [-0.4, -0.2) is 20.5 Å². The summed E-state index contributed by atoms with van der Waals surface area (Å²) in [4.78, 5) is 3.52. The van der Waals surface area contributed by atoms with E-state index >= 15 is 0 Å². The van der Waals surface area contributed by atoms with Gasteiger partial charge in [0.2, 0.25) is 0 Å². The Morgan fingerprint density at radius 2 is 1.85 bits per heavy atom. The SMILES string of the molecule is COc1ccc(F)cc1S(=O)(=O)Nc1ccncc1.Cl. The highest BCUT2D eigenvalue weighted by atomic mass is 35.5. The van der Waals surface area contributed by atoms with Crippen LogP contribution >= 0.6 is 12.4 Å². The second kappa shape index (κ2) is 6.53. The molecule has 1 N–H and O–H groups in total. The summed E-state index contributed by atoms with van der Waals surface area (Å²) in [7, 11) is -2.60. The Morgan fingerprint density at radius 1 is 1.20 bits per heavy atom. The van der Waals surface area contributed by atoms with E-state index in [4.69, 9.17) is 4.74 Å². The third-order valence-corrected chi connectivity index (χ3v) is 3.75. The van der Waals surface area contributed by atoms with Crippen LogP contribution in [0.5, 0.6) is 5.75 Å². The Morgan fingerprint density at radius 3 is 2.45 bits per heavy atom. The number of ether oxygens (including phenoxy) is 1. The normalized spacial score (nSPS) is 10.5. The first-order valence-corrected chi connectivity index (χ1v) is 6.77. The number of hydrogen-bond donors (Lipinski definition) is 1. The molecule has 0 unspecified atom stereocenters. The maximum absolute atomic E-state index is 13.2. The first-order valence-electron chi connectivity index (χ1n) is 5.29. The quantitative estimate of drug-likeness (QED) is 0.940. The summed E-state index contributed by atoms with van der Waals surface area (Å²) in [5.74, 6) is -0.584. The molecule has 0 spiro atoms. The molecule has 0 aliphatic rings. The first kappa shape index (κ1) is 16.2. The highest BCUT2D eigenvalue weighted by Gasteiger charge is 2.20. The van der Waals surface area contributed by atoms with E-state index in [9.17, 15) is 12.8 Å². The van der Waals surface area contributed by atoms with Crippen LogP contribution in [0.4, 0.5) is 10.1 Å². The van der Waals surface area contributed by atoms with Gasteiger partial charge < -0.3 is 4.74 Å². The van der Waals surface area contributed by atoms with Crippen molar-refractivity contribution in [2.45, 2.75) is 4.90 Å². The fourth-order valence-electron chi connectivity index (χ4n) is 1.49. The minimum atomic E-state index is -3.92. The van der Waals surface area contributed by atoms with Crippen LogP contribution in [0.2, 0.25) is 0 Å². The molecule has 2 rings (SSSR count). The fourth-order valence-corrected chi connectivity index (χ4v) is 2.73. The number of nitrogens with zero attached hydrogens (tertiary/aromatic N) is 1. The molecule has 0 aliphatic heterocycles. The molecule has 8 heteroatoms. The van der Waals surface area contributed by atoms with E-state index < -0.39 is 15.8 Å². The lowest BCUT2D eigenvalue weighted by atomic mass is 10.3. The molecule has 5 nitrogen and oxygen atoms in total. The zero-order chi connectivity index (χ0) is 13.9. The number of aromatic nitrogens is 1. The number of halogens is 2. The van der Waals surface area contributed by atoms with Crippen LogP contribution in [0.1, 0.15) is 0 Å². The fraction of sp³-hybridized carbons (Fsp3) is 0.0833. The van der Waals surface area contributed by atoms with Gasteiger partial charge in [0.1, 0.15) is 16.5 Å². The average Bonchev–Trinajstić information content (AvgIpc) is 2.39. The molecule has 20 heavy (non-hydrogen) atoms. The van der Waals surface area contributed by atoms with E-state index in [-0.39, 0.29) is 23.1 Å². The van der Waals surface area contributed by atoms with Crippen molar-refractivity contribution in [3.8, 4) is 5.75 Å². The molecule has 0 saturated heterocycles. The zero-order valence-electron chi connectivity index (χ0n) is 10.4. The Hall–Kier alpha value is -1.86. The lowest BCUT2D eigenvalue weighted by Crippen LogP contribution is -2.14. The Labute approximate surface area is 122 Å². The van der Waals surface area contributed by atoms with Crippen LogP contribution in [0.15, 0.2) is 47.6 Å². The number of rotatable bonds is 4. The summed E-state index contributed by atoms with van der Waals surface area (Å²) in [5.41, 5.74) is 0.335. The van der Waals surface area contributed by atoms with Crippen LogP contribution in [0, 0.1) is 5.82 Å². The average molecular weight is 319 g/mol. The summed E-state index contributed by atoms with van der Waals surface area (Å²) in [6.45, 7) is 0. The molecule has 2 aromatic rings. The van der Waals surface area contributed by atoms with E-state index in [1.54, 1.807) is 0 Å². The number of hydrogen-bond acceptors (Lipinski definition) is 4. The second-order valence-electron chi connectivity index (χ2n) is 3.64. The monoisotopic (exact) mass is 318 g/mol. The molecule has 1 aromatic heterocycles. The van der Waals surface area contributed by atoms with E-state index in [2.05, 4.69) is 9.71 Å². The van der Waals surface area contributed by atoms with Crippen molar-refractivity contribution in [1.29, 1.82) is 0 Å². The minimum Gasteiger partial charge on any atom is -0.495 e. The minimum absolute atomic E-state index is 0. The first-order chi connectivity index (χ1) is 9.03. The van der Waals surface area contributed by atoms with Gasteiger partial charge in [-0.25, -0.2) is 12.8 Å². The molecule has 0 bridgehead atoms. The molecule has 1 aromatic carbocycles. The van der Waals surface area contributed by atoms with Gasteiger partial charge in [0.05, 0.1) is 12.8 Å². The zero-order valence-corrected chi connectivity index (χ0v) is 12.0. The summed E-state index contributed by atoms with van der Waals surface area (Å²) in [6.07, 6.45) is 2.89. The van der Waals surface area contributed by atoms with Crippen LogP contribution in [0.3, 0.4) is 0 Å². The van der Waals surface area contributed by atoms with Gasteiger partial charge in [0.25, 0.3) is 10.0 Å². The largest absolute Gasteiger partial charge is 0.495 e. The smallest absolute Gasteiger partial charge is 0.265 e. The Kier molecular flexibility index (Phi) is 5.29. The number of methoxy groups -OCH3 is 1. The molecule has 108 valence electrons. The lowest BCUT2D eigenvalue weighted by Gasteiger charge is -2.11. The molecule has 0 radical (unpaired) electrons. The second-order valence-corrected chi connectivity index (χ2v) is 5.29. The van der Waals surface area contributed by atoms with Crippen molar-refractivity contribution in [1.82, 2.24) is 4.98 Å². The molecule has 1 heterocycles. The van der Waals surface area contributed by atoms with Crippen molar-refractivity contribution in [2.75, 3.05) is 11.8 Å². The van der Waals surface area contributed by atoms with Gasteiger partial charge in [-0.05, 0) is 30.3 Å². The van der Waals surface area contributed by atoms with Gasteiger partial charge in [-0.2, -0.15) is 0 Å². The van der Waals surface area contributed by atoms with Crippen LogP contribution in [-0.2, 0) is 10.0 Å². The summed E-state index contributed by atoms with van der Waals surface area (Å²) >= 11 is 0. The molecule has 0 amide bonds. The van der Waals surface area contributed by atoms with Crippen molar-refractivity contribution in [2.24, 2.45) is 0 Å². The van der Waals surface area contributed by atoms with Gasteiger partial charge in [-0.15, -0.1) is 12.4 Å². The molecule has 0 atom stereocenters. The van der Waals surface area contributed by atoms with Gasteiger partial charge in [0, 0.05) is 12.4 Å². The maximum atomic E-state index is 13.2. The number of anilines is 1. The lowest BCUT2D eigenvalue weighted by molar-refractivity contribution is 0.401. The molecule has 0 aliphatic carbocycles. The Balaban J connectivity index is 0.00000200. The summed E-state index contributed by atoms with van der Waals surface area (Å²) < 4.78 is 44.8. The van der Waals surface area contributed by atoms with E-state index in [0.717, 1.165) is 12.1 Å². The van der Waals surface area contributed by atoms with Gasteiger partial charge in [-0.3, -0.25) is 9.71 Å². The molecule has 0 saturated carbocycles. The van der Waals surface area contributed by atoms with Crippen molar-refractivity contribution in [3.05, 3.63) is 48.5 Å². The number of benzene rings is 1. The van der Waals surface area contributed by atoms with Crippen molar-refractivity contribution < 1.29 is 17.5 Å². The topological polar surface area (TPSA) is 68.3 Å². The predicted molar refractivity (Wildman–Crippen MR) is 75.2 cm³/mol. The number of nitrogens with one attached hydrogen (secondary N) is 1.